The molecule has 0 N–H and O–H groups in total. The van der Waals surface area contributed by atoms with Crippen LogP contribution in [-0.2, 0) is 9.47 Å². The van der Waals surface area contributed by atoms with Gasteiger partial charge in [0.1, 0.15) is 5.82 Å². The standard InChI is InChI=1S/C21H22FNO3/c1-25-13-21-12-23(10-18(21)11-26-14-21)20(24)17-4-2-3-16(9-17)15-5-7-19(22)8-6-15/h2-9,18H,10-14H2,1H3/t18-,21-/m0/s1. The molecule has 2 heterocycles. The first kappa shape index (κ1) is 17.2. The molecule has 0 saturated carbocycles. The molecule has 2 aliphatic heterocycles. The van der Waals surface area contributed by atoms with Crippen molar-refractivity contribution in [3.63, 3.8) is 0 Å². The van der Waals surface area contributed by atoms with E-state index in [-0.39, 0.29) is 17.1 Å². The molecule has 2 aliphatic rings. The van der Waals surface area contributed by atoms with Crippen molar-refractivity contribution in [3.8, 4) is 11.1 Å². The Morgan fingerprint density at radius 2 is 2.08 bits per heavy atom. The van der Waals surface area contributed by atoms with E-state index in [1.807, 2.05) is 29.2 Å². The average Bonchev–Trinajstić information content (AvgIpc) is 3.19. The lowest BCUT2D eigenvalue weighted by Crippen LogP contribution is -2.37. The van der Waals surface area contributed by atoms with Crippen molar-refractivity contribution in [3.05, 3.63) is 59.9 Å². The van der Waals surface area contributed by atoms with Crippen molar-refractivity contribution in [2.75, 3.05) is 40.0 Å². The number of ether oxygens (including phenoxy) is 2. The minimum Gasteiger partial charge on any atom is -0.384 e. The molecule has 2 saturated heterocycles. The van der Waals surface area contributed by atoms with E-state index >= 15 is 0 Å². The molecule has 4 rings (SSSR count). The largest absolute Gasteiger partial charge is 0.384 e. The molecule has 26 heavy (non-hydrogen) atoms. The molecule has 2 fully saturated rings. The zero-order valence-corrected chi connectivity index (χ0v) is 14.8. The molecule has 0 aliphatic carbocycles. The molecule has 136 valence electrons. The van der Waals surface area contributed by atoms with Gasteiger partial charge in [-0.2, -0.15) is 0 Å². The molecular weight excluding hydrogens is 333 g/mol. The second kappa shape index (κ2) is 6.82. The van der Waals surface area contributed by atoms with E-state index in [9.17, 15) is 9.18 Å². The first-order valence-corrected chi connectivity index (χ1v) is 8.83. The Morgan fingerprint density at radius 3 is 2.85 bits per heavy atom. The van der Waals surface area contributed by atoms with Crippen molar-refractivity contribution >= 4 is 5.91 Å². The van der Waals surface area contributed by atoms with Gasteiger partial charge in [0, 0.05) is 37.1 Å². The topological polar surface area (TPSA) is 38.8 Å². The molecule has 2 atom stereocenters. The van der Waals surface area contributed by atoms with Gasteiger partial charge in [-0.15, -0.1) is 0 Å². The molecule has 0 aromatic heterocycles. The number of halogens is 1. The minimum atomic E-state index is -0.268. The minimum absolute atomic E-state index is 0.0267. The summed E-state index contributed by atoms with van der Waals surface area (Å²) in [5.41, 5.74) is 2.37. The number of carbonyl (C=O) groups is 1. The molecule has 0 radical (unpaired) electrons. The van der Waals surface area contributed by atoms with Gasteiger partial charge in [-0.3, -0.25) is 4.79 Å². The number of carbonyl (C=O) groups excluding carboxylic acids is 1. The smallest absolute Gasteiger partial charge is 0.253 e. The maximum Gasteiger partial charge on any atom is 0.253 e. The predicted octanol–water partition coefficient (Wildman–Crippen LogP) is 3.23. The Labute approximate surface area is 152 Å². The third-order valence-electron chi connectivity index (χ3n) is 5.53. The van der Waals surface area contributed by atoms with Crippen LogP contribution in [0.2, 0.25) is 0 Å². The highest BCUT2D eigenvalue weighted by molar-refractivity contribution is 5.95. The molecular formula is C21H22FNO3. The van der Waals surface area contributed by atoms with Gasteiger partial charge in [-0.05, 0) is 35.4 Å². The van der Waals surface area contributed by atoms with Crippen LogP contribution in [-0.4, -0.2) is 50.8 Å². The van der Waals surface area contributed by atoms with Crippen LogP contribution >= 0.6 is 0 Å². The molecule has 5 heteroatoms. The zero-order valence-electron chi connectivity index (χ0n) is 14.8. The van der Waals surface area contributed by atoms with Gasteiger partial charge < -0.3 is 14.4 Å². The normalized spacial score (nSPS) is 24.7. The van der Waals surface area contributed by atoms with Gasteiger partial charge >= 0.3 is 0 Å². The summed E-state index contributed by atoms with van der Waals surface area (Å²) in [6, 6.07) is 13.8. The Kier molecular flexibility index (Phi) is 4.51. The highest BCUT2D eigenvalue weighted by atomic mass is 19.1. The molecule has 4 nitrogen and oxygen atoms in total. The highest BCUT2D eigenvalue weighted by Crippen LogP contribution is 2.42. The fourth-order valence-electron chi connectivity index (χ4n) is 4.13. The van der Waals surface area contributed by atoms with E-state index in [0.29, 0.717) is 44.4 Å². The summed E-state index contributed by atoms with van der Waals surface area (Å²) >= 11 is 0. The molecule has 0 unspecified atom stereocenters. The number of hydrogen-bond donors (Lipinski definition) is 0. The molecule has 2 aromatic rings. The molecule has 0 bridgehead atoms. The quantitative estimate of drug-likeness (QED) is 0.845. The average molecular weight is 355 g/mol. The van der Waals surface area contributed by atoms with Crippen molar-refractivity contribution < 1.29 is 18.7 Å². The SMILES string of the molecule is COC[C@@]12COC[C@@H]1CN(C(=O)c1cccc(-c3ccc(F)cc3)c1)C2. The summed E-state index contributed by atoms with van der Waals surface area (Å²) in [6.07, 6.45) is 0. The second-order valence-electron chi connectivity index (χ2n) is 7.28. The Morgan fingerprint density at radius 1 is 1.27 bits per heavy atom. The summed E-state index contributed by atoms with van der Waals surface area (Å²) in [6.45, 7) is 3.29. The number of amides is 1. The number of benzene rings is 2. The Balaban J connectivity index is 1.56. The van der Waals surface area contributed by atoms with Crippen LogP contribution < -0.4 is 0 Å². The molecule has 1 amide bonds. The van der Waals surface area contributed by atoms with Crippen molar-refractivity contribution in [2.24, 2.45) is 11.3 Å². The van der Waals surface area contributed by atoms with Gasteiger partial charge in [-0.1, -0.05) is 24.3 Å². The Bertz CT molecular complexity index is 807. The lowest BCUT2D eigenvalue weighted by Gasteiger charge is -2.26. The third-order valence-corrected chi connectivity index (χ3v) is 5.53. The fraction of sp³-hybridized carbons (Fsp3) is 0.381. The zero-order chi connectivity index (χ0) is 18.1. The van der Waals surface area contributed by atoms with Crippen LogP contribution in [0.4, 0.5) is 4.39 Å². The van der Waals surface area contributed by atoms with Gasteiger partial charge in [-0.25, -0.2) is 4.39 Å². The predicted molar refractivity (Wildman–Crippen MR) is 96.4 cm³/mol. The highest BCUT2D eigenvalue weighted by Gasteiger charge is 2.51. The first-order valence-electron chi connectivity index (χ1n) is 8.83. The van der Waals surface area contributed by atoms with Gasteiger partial charge in [0.05, 0.1) is 19.8 Å². The van der Waals surface area contributed by atoms with E-state index in [4.69, 9.17) is 9.47 Å². The van der Waals surface area contributed by atoms with E-state index in [1.165, 1.54) is 12.1 Å². The van der Waals surface area contributed by atoms with Crippen LogP contribution in [0.5, 0.6) is 0 Å². The Hall–Kier alpha value is -2.24. The van der Waals surface area contributed by atoms with E-state index in [2.05, 4.69) is 0 Å². The molecule has 0 spiro atoms. The van der Waals surface area contributed by atoms with Crippen LogP contribution in [0.25, 0.3) is 11.1 Å². The summed E-state index contributed by atoms with van der Waals surface area (Å²) < 4.78 is 24.2. The van der Waals surface area contributed by atoms with E-state index in [0.717, 1.165) is 11.1 Å². The maximum absolute atomic E-state index is 13.1. The number of hydrogen-bond acceptors (Lipinski definition) is 3. The summed E-state index contributed by atoms with van der Waals surface area (Å²) in [7, 11) is 1.70. The van der Waals surface area contributed by atoms with Crippen LogP contribution in [0.15, 0.2) is 48.5 Å². The first-order chi connectivity index (χ1) is 12.6. The monoisotopic (exact) mass is 355 g/mol. The van der Waals surface area contributed by atoms with Crippen LogP contribution in [0, 0.1) is 17.2 Å². The van der Waals surface area contributed by atoms with Gasteiger partial charge in [0.2, 0.25) is 0 Å². The van der Waals surface area contributed by atoms with Crippen molar-refractivity contribution in [1.29, 1.82) is 0 Å². The summed E-state index contributed by atoms with van der Waals surface area (Å²) in [4.78, 5) is 15.0. The summed E-state index contributed by atoms with van der Waals surface area (Å²) in [5, 5.41) is 0. The van der Waals surface area contributed by atoms with Crippen LogP contribution in [0.3, 0.4) is 0 Å². The second-order valence-corrected chi connectivity index (χ2v) is 7.28. The maximum atomic E-state index is 13.1. The van der Waals surface area contributed by atoms with E-state index < -0.39 is 0 Å². The molecule has 2 aromatic carbocycles. The number of methoxy groups -OCH3 is 1. The van der Waals surface area contributed by atoms with E-state index in [1.54, 1.807) is 19.2 Å². The third kappa shape index (κ3) is 3.02. The van der Waals surface area contributed by atoms with Gasteiger partial charge in [0.25, 0.3) is 5.91 Å². The lowest BCUT2D eigenvalue weighted by atomic mass is 9.82. The lowest BCUT2D eigenvalue weighted by molar-refractivity contribution is 0.0489. The fourth-order valence-corrected chi connectivity index (χ4v) is 4.13. The number of rotatable bonds is 4. The number of fused-ring (bicyclic) bond motifs is 1. The van der Waals surface area contributed by atoms with Crippen molar-refractivity contribution in [2.45, 2.75) is 0 Å². The summed E-state index contributed by atoms with van der Waals surface area (Å²) in [5.74, 6) is 0.0840. The van der Waals surface area contributed by atoms with Gasteiger partial charge in [0.15, 0.2) is 0 Å². The number of nitrogens with zero attached hydrogens (tertiary/aromatic N) is 1. The number of likely N-dealkylation sites (tertiary alicyclic amines) is 1. The van der Waals surface area contributed by atoms with Crippen LogP contribution in [0.1, 0.15) is 10.4 Å². The van der Waals surface area contributed by atoms with Crippen molar-refractivity contribution in [1.82, 2.24) is 4.90 Å².